The summed E-state index contributed by atoms with van der Waals surface area (Å²) < 4.78 is 35.1. The van der Waals surface area contributed by atoms with Gasteiger partial charge in [0.15, 0.2) is 12.6 Å². The molecule has 2 aliphatic heterocycles. The number of ether oxygens (including phenoxy) is 6. The summed E-state index contributed by atoms with van der Waals surface area (Å²) in [5.41, 5.74) is -0.754. The van der Waals surface area contributed by atoms with Crippen molar-refractivity contribution in [1.29, 1.82) is 0 Å². The molecular weight excluding hydrogens is 552 g/mol. The van der Waals surface area contributed by atoms with Crippen LogP contribution in [0, 0.1) is 0 Å². The molecule has 0 aromatic rings. The van der Waals surface area contributed by atoms with Crippen molar-refractivity contribution in [3.63, 3.8) is 0 Å². The Labute approximate surface area is 260 Å². The monoisotopic (exact) mass is 612 g/mol. The van der Waals surface area contributed by atoms with Gasteiger partial charge >= 0.3 is 5.97 Å². The van der Waals surface area contributed by atoms with Gasteiger partial charge in [0.2, 0.25) is 0 Å². The Balaban J connectivity index is 1.02. The summed E-state index contributed by atoms with van der Waals surface area (Å²) in [5.74, 6) is -0.226. The second-order valence-corrected chi connectivity index (χ2v) is 13.4. The van der Waals surface area contributed by atoms with E-state index in [0.29, 0.717) is 19.8 Å². The van der Waals surface area contributed by atoms with Crippen LogP contribution < -0.4 is 5.32 Å². The molecule has 10 nitrogen and oxygen atoms in total. The highest BCUT2D eigenvalue weighted by Gasteiger charge is 2.36. The zero-order valence-corrected chi connectivity index (χ0v) is 27.2. The zero-order chi connectivity index (χ0) is 30.3. The second kappa shape index (κ2) is 19.0. The Morgan fingerprint density at radius 1 is 0.698 bits per heavy atom. The lowest BCUT2D eigenvalue weighted by Gasteiger charge is -2.37. The molecule has 0 aromatic carbocycles. The van der Waals surface area contributed by atoms with Gasteiger partial charge in [0.25, 0.3) is 0 Å². The molecule has 4 fully saturated rings. The number of hydrogen-bond acceptors (Lipinski definition) is 10. The predicted octanol–water partition coefficient (Wildman–Crippen LogP) is 5.27. The van der Waals surface area contributed by atoms with Gasteiger partial charge < -0.3 is 33.3 Å². The van der Waals surface area contributed by atoms with Crippen LogP contribution in [0.2, 0.25) is 0 Å². The smallest absolute Gasteiger partial charge is 0.344 e. The number of carbonyl (C=O) groups is 1. The van der Waals surface area contributed by atoms with Crippen molar-refractivity contribution in [2.75, 3.05) is 46.7 Å². The van der Waals surface area contributed by atoms with Gasteiger partial charge in [-0.1, -0.05) is 0 Å². The largest absolute Gasteiger partial charge is 0.378 e. The zero-order valence-electron chi connectivity index (χ0n) is 27.2. The van der Waals surface area contributed by atoms with E-state index in [1.54, 1.807) is 5.06 Å². The normalized spacial score (nSPS) is 30.8. The topological polar surface area (TPSA) is 97.0 Å². The molecule has 0 aromatic heterocycles. The quantitative estimate of drug-likeness (QED) is 0.173. The lowest BCUT2D eigenvalue weighted by atomic mass is 9.90. The maximum atomic E-state index is 13.1. The van der Waals surface area contributed by atoms with E-state index in [9.17, 15) is 4.79 Å². The van der Waals surface area contributed by atoms with Crippen molar-refractivity contribution in [2.24, 2.45) is 0 Å². The van der Waals surface area contributed by atoms with Crippen LogP contribution >= 0.6 is 0 Å². The molecule has 0 radical (unpaired) electrons. The number of hydrogen-bond donors (Lipinski definition) is 1. The third kappa shape index (κ3) is 12.8. The van der Waals surface area contributed by atoms with Crippen molar-refractivity contribution < 1.29 is 38.1 Å². The van der Waals surface area contributed by atoms with E-state index in [4.69, 9.17) is 33.3 Å². The highest BCUT2D eigenvalue weighted by molar-refractivity contribution is 5.79. The maximum Gasteiger partial charge on any atom is 0.344 e. The van der Waals surface area contributed by atoms with Crippen LogP contribution in [0.5, 0.6) is 0 Å². The molecule has 43 heavy (non-hydrogen) atoms. The molecule has 0 amide bonds. The van der Waals surface area contributed by atoms with Crippen molar-refractivity contribution in [1.82, 2.24) is 10.4 Å². The van der Waals surface area contributed by atoms with Crippen LogP contribution in [0.15, 0.2) is 0 Å². The second-order valence-electron chi connectivity index (χ2n) is 13.4. The fraction of sp³-hybridized carbons (Fsp3) is 0.970. The Morgan fingerprint density at radius 3 is 1.67 bits per heavy atom. The van der Waals surface area contributed by atoms with Crippen LogP contribution in [0.1, 0.15) is 117 Å². The highest BCUT2D eigenvalue weighted by atomic mass is 16.7. The van der Waals surface area contributed by atoms with E-state index in [1.165, 1.54) is 12.8 Å². The molecule has 0 bridgehead atoms. The van der Waals surface area contributed by atoms with Crippen molar-refractivity contribution in [3.05, 3.63) is 0 Å². The lowest BCUT2D eigenvalue weighted by molar-refractivity contribution is -0.205. The first kappa shape index (κ1) is 35.0. The summed E-state index contributed by atoms with van der Waals surface area (Å²) in [6.45, 7) is 8.29. The third-order valence-electron chi connectivity index (χ3n) is 9.30. The van der Waals surface area contributed by atoms with Gasteiger partial charge in [-0.05, 0) is 117 Å². The van der Waals surface area contributed by atoms with Crippen LogP contribution in [-0.2, 0) is 38.1 Å². The van der Waals surface area contributed by atoms with Crippen molar-refractivity contribution >= 4 is 5.97 Å². The van der Waals surface area contributed by atoms with Gasteiger partial charge in [0.1, 0.15) is 5.54 Å². The molecule has 10 heteroatoms. The SMILES string of the molecule is CN(OC(=O)C(C)(C)NC1CCC(OCCCOC2CCCCO2)CC1)C1CCC(OCCCOC2CCCCO2)CC1. The molecule has 2 atom stereocenters. The summed E-state index contributed by atoms with van der Waals surface area (Å²) in [6, 6.07) is 0.507. The molecule has 4 aliphatic rings. The maximum absolute atomic E-state index is 13.1. The predicted molar refractivity (Wildman–Crippen MR) is 163 cm³/mol. The van der Waals surface area contributed by atoms with Gasteiger partial charge in [-0.25, -0.2) is 4.79 Å². The number of rotatable bonds is 17. The Kier molecular flexibility index (Phi) is 15.4. The summed E-state index contributed by atoms with van der Waals surface area (Å²) in [5, 5.41) is 5.34. The summed E-state index contributed by atoms with van der Waals surface area (Å²) >= 11 is 0. The Morgan fingerprint density at radius 2 is 1.19 bits per heavy atom. The molecule has 2 saturated heterocycles. The molecule has 2 unspecified atom stereocenters. The van der Waals surface area contributed by atoms with Gasteiger partial charge in [0.05, 0.1) is 25.4 Å². The molecule has 2 saturated carbocycles. The van der Waals surface area contributed by atoms with E-state index >= 15 is 0 Å². The van der Waals surface area contributed by atoms with Crippen molar-refractivity contribution in [3.8, 4) is 0 Å². The fourth-order valence-corrected chi connectivity index (χ4v) is 6.57. The number of nitrogens with zero attached hydrogens (tertiary/aromatic N) is 1. The van der Waals surface area contributed by atoms with Crippen LogP contribution in [0.3, 0.4) is 0 Å². The fourth-order valence-electron chi connectivity index (χ4n) is 6.57. The number of nitrogens with one attached hydrogen (secondary N) is 1. The van der Waals surface area contributed by atoms with E-state index in [2.05, 4.69) is 5.32 Å². The minimum atomic E-state index is -0.754. The lowest BCUT2D eigenvalue weighted by Crippen LogP contribution is -2.55. The number of carbonyl (C=O) groups excluding carboxylic acids is 1. The van der Waals surface area contributed by atoms with E-state index in [1.807, 2.05) is 20.9 Å². The summed E-state index contributed by atoms with van der Waals surface area (Å²) in [6.07, 6.45) is 16.8. The average Bonchev–Trinajstić information content (AvgIpc) is 3.02. The Hall–Kier alpha value is -0.850. The minimum Gasteiger partial charge on any atom is -0.378 e. The van der Waals surface area contributed by atoms with Crippen molar-refractivity contribution in [2.45, 2.75) is 159 Å². The summed E-state index contributed by atoms with van der Waals surface area (Å²) in [7, 11) is 1.89. The van der Waals surface area contributed by atoms with E-state index in [-0.39, 0.29) is 42.8 Å². The van der Waals surface area contributed by atoms with Crippen LogP contribution in [-0.4, -0.2) is 100 Å². The first-order valence-electron chi connectivity index (χ1n) is 17.3. The first-order valence-corrected chi connectivity index (χ1v) is 17.3. The molecular formula is C33H60N2O8. The number of hydroxylamine groups is 2. The molecule has 250 valence electrons. The standard InChI is InChI=1S/C33H60N2O8/c1-33(2,34-26-12-16-28(17-13-26)37-22-8-24-41-30-10-4-6-20-39-30)32(36)43-35(3)27-14-18-29(19-15-27)38-23-9-25-42-31-11-5-7-21-40-31/h26-31,34H,4-25H2,1-3H3. The van der Waals surface area contributed by atoms with E-state index in [0.717, 1.165) is 110 Å². The van der Waals surface area contributed by atoms with E-state index < -0.39 is 5.54 Å². The third-order valence-corrected chi connectivity index (χ3v) is 9.30. The minimum absolute atomic E-state index is 0.0252. The molecule has 0 spiro atoms. The molecule has 4 rings (SSSR count). The summed E-state index contributed by atoms with van der Waals surface area (Å²) in [4.78, 5) is 19.0. The van der Waals surface area contributed by atoms with Gasteiger partial charge in [-0.15, -0.1) is 5.06 Å². The van der Waals surface area contributed by atoms with Crippen LogP contribution in [0.25, 0.3) is 0 Å². The van der Waals surface area contributed by atoms with Gasteiger partial charge in [0, 0.05) is 45.6 Å². The Bertz CT molecular complexity index is 758. The van der Waals surface area contributed by atoms with Gasteiger partial charge in [-0.2, -0.15) is 0 Å². The molecule has 2 aliphatic carbocycles. The average molecular weight is 613 g/mol. The molecule has 1 N–H and O–H groups in total. The van der Waals surface area contributed by atoms with Gasteiger partial charge in [-0.3, -0.25) is 5.32 Å². The first-order chi connectivity index (χ1) is 20.9. The highest BCUT2D eigenvalue weighted by Crippen LogP contribution is 2.27. The molecule has 2 heterocycles. The van der Waals surface area contributed by atoms with Crippen LogP contribution in [0.4, 0.5) is 0 Å².